The average Bonchev–Trinajstić information content (AvgIpc) is 2.90. The van der Waals surface area contributed by atoms with Crippen LogP contribution in [0.5, 0.6) is 0 Å². The fourth-order valence-corrected chi connectivity index (χ4v) is 2.54. The van der Waals surface area contributed by atoms with Crippen molar-refractivity contribution in [3.05, 3.63) is 52.6 Å². The quantitative estimate of drug-likeness (QED) is 0.859. The van der Waals surface area contributed by atoms with Crippen molar-refractivity contribution in [1.82, 2.24) is 14.9 Å². The highest BCUT2D eigenvalue weighted by Gasteiger charge is 2.25. The summed E-state index contributed by atoms with van der Waals surface area (Å²) in [4.78, 5) is 33.3. The molecular formula is C17H21N3O3. The molecule has 0 aliphatic rings. The molecule has 1 N–H and O–H groups in total. The standard InChI is InChI=1S/C17H21N3O3/c1-5-13-14(17(22)23-4)11(2)15(19-13)16(21)20(3)10-12-6-8-18-9-7-12/h6-9,19H,5,10H2,1-4H3. The van der Waals surface area contributed by atoms with Crippen molar-refractivity contribution in [2.24, 2.45) is 0 Å². The van der Waals surface area contributed by atoms with Crippen LogP contribution < -0.4 is 0 Å². The number of hydrogen-bond donors (Lipinski definition) is 1. The van der Waals surface area contributed by atoms with E-state index in [1.165, 1.54) is 7.11 Å². The molecule has 2 aromatic rings. The molecule has 2 aromatic heterocycles. The number of nitrogens with zero attached hydrogens (tertiary/aromatic N) is 2. The zero-order chi connectivity index (χ0) is 17.0. The number of ether oxygens (including phenoxy) is 1. The number of carbonyl (C=O) groups is 2. The number of rotatable bonds is 5. The molecule has 0 aliphatic carbocycles. The van der Waals surface area contributed by atoms with Crippen LogP contribution in [0.1, 0.15) is 44.6 Å². The third-order valence-electron chi connectivity index (χ3n) is 3.80. The lowest BCUT2D eigenvalue weighted by Gasteiger charge is -2.17. The molecule has 0 saturated heterocycles. The van der Waals surface area contributed by atoms with Gasteiger partial charge in [-0.2, -0.15) is 0 Å². The Morgan fingerprint density at radius 3 is 2.52 bits per heavy atom. The lowest BCUT2D eigenvalue weighted by atomic mass is 10.1. The summed E-state index contributed by atoms with van der Waals surface area (Å²) in [6, 6.07) is 3.73. The number of amides is 1. The smallest absolute Gasteiger partial charge is 0.339 e. The van der Waals surface area contributed by atoms with Gasteiger partial charge in [0.25, 0.3) is 5.91 Å². The molecular weight excluding hydrogens is 294 g/mol. The molecule has 2 rings (SSSR count). The molecule has 0 radical (unpaired) electrons. The SMILES string of the molecule is CCc1[nH]c(C(=O)N(C)Cc2ccncc2)c(C)c1C(=O)OC. The molecule has 0 saturated carbocycles. The lowest BCUT2D eigenvalue weighted by molar-refractivity contribution is 0.0599. The van der Waals surface area contributed by atoms with E-state index in [0.717, 1.165) is 11.3 Å². The Morgan fingerprint density at radius 1 is 1.30 bits per heavy atom. The first-order valence-electron chi connectivity index (χ1n) is 7.43. The molecule has 23 heavy (non-hydrogen) atoms. The number of carbonyl (C=O) groups excluding carboxylic acids is 2. The second kappa shape index (κ2) is 7.09. The van der Waals surface area contributed by atoms with Crippen LogP contribution in [0.3, 0.4) is 0 Å². The van der Waals surface area contributed by atoms with Crippen LogP contribution >= 0.6 is 0 Å². The number of aryl methyl sites for hydroxylation is 1. The average molecular weight is 315 g/mol. The Bertz CT molecular complexity index is 707. The molecule has 6 heteroatoms. The summed E-state index contributed by atoms with van der Waals surface area (Å²) in [5, 5.41) is 0. The summed E-state index contributed by atoms with van der Waals surface area (Å²) in [5.74, 6) is -0.587. The van der Waals surface area contributed by atoms with Crippen LogP contribution in [-0.2, 0) is 17.7 Å². The molecule has 122 valence electrons. The van der Waals surface area contributed by atoms with E-state index in [1.807, 2.05) is 19.1 Å². The first-order chi connectivity index (χ1) is 11.0. The predicted octanol–water partition coefficient (Wildman–Crippen LogP) is 2.34. The summed E-state index contributed by atoms with van der Waals surface area (Å²) in [6.07, 6.45) is 4.00. The van der Waals surface area contributed by atoms with E-state index in [0.29, 0.717) is 29.8 Å². The molecule has 6 nitrogen and oxygen atoms in total. The van der Waals surface area contributed by atoms with Gasteiger partial charge in [-0.1, -0.05) is 6.92 Å². The number of aromatic nitrogens is 2. The van der Waals surface area contributed by atoms with Crippen molar-refractivity contribution in [2.75, 3.05) is 14.2 Å². The molecule has 0 unspecified atom stereocenters. The van der Waals surface area contributed by atoms with Gasteiger partial charge in [0.05, 0.1) is 12.7 Å². The highest BCUT2D eigenvalue weighted by Crippen LogP contribution is 2.21. The van der Waals surface area contributed by atoms with E-state index < -0.39 is 5.97 Å². The Balaban J connectivity index is 2.29. The molecule has 0 atom stereocenters. The van der Waals surface area contributed by atoms with Crippen LogP contribution in [0.15, 0.2) is 24.5 Å². The molecule has 0 aromatic carbocycles. The maximum atomic E-state index is 12.7. The van der Waals surface area contributed by atoms with Gasteiger partial charge in [-0.15, -0.1) is 0 Å². The Labute approximate surface area is 135 Å². The van der Waals surface area contributed by atoms with Crippen molar-refractivity contribution in [3.8, 4) is 0 Å². The largest absolute Gasteiger partial charge is 0.465 e. The van der Waals surface area contributed by atoms with E-state index in [1.54, 1.807) is 31.3 Å². The molecule has 0 spiro atoms. The minimum Gasteiger partial charge on any atom is -0.465 e. The Morgan fingerprint density at radius 2 is 1.96 bits per heavy atom. The highest BCUT2D eigenvalue weighted by atomic mass is 16.5. The number of aromatic amines is 1. The Kier molecular flexibility index (Phi) is 5.16. The monoisotopic (exact) mass is 315 g/mol. The van der Waals surface area contributed by atoms with Crippen molar-refractivity contribution >= 4 is 11.9 Å². The van der Waals surface area contributed by atoms with Crippen molar-refractivity contribution < 1.29 is 14.3 Å². The first kappa shape index (κ1) is 16.7. The number of hydrogen-bond acceptors (Lipinski definition) is 4. The topological polar surface area (TPSA) is 75.3 Å². The van der Waals surface area contributed by atoms with Crippen molar-refractivity contribution in [3.63, 3.8) is 0 Å². The number of esters is 1. The minimum atomic E-state index is -0.425. The number of H-pyrrole nitrogens is 1. The van der Waals surface area contributed by atoms with Crippen molar-refractivity contribution in [2.45, 2.75) is 26.8 Å². The fourth-order valence-electron chi connectivity index (χ4n) is 2.54. The van der Waals surface area contributed by atoms with Gasteiger partial charge in [-0.05, 0) is 36.6 Å². The van der Waals surface area contributed by atoms with Gasteiger partial charge in [-0.3, -0.25) is 9.78 Å². The predicted molar refractivity (Wildman–Crippen MR) is 86.3 cm³/mol. The first-order valence-corrected chi connectivity index (χ1v) is 7.43. The third kappa shape index (κ3) is 3.41. The van der Waals surface area contributed by atoms with E-state index in [4.69, 9.17) is 4.74 Å². The second-order valence-electron chi connectivity index (χ2n) is 5.34. The maximum Gasteiger partial charge on any atom is 0.339 e. The minimum absolute atomic E-state index is 0.163. The van der Waals surface area contributed by atoms with Gasteiger partial charge < -0.3 is 14.6 Å². The van der Waals surface area contributed by atoms with Crippen molar-refractivity contribution in [1.29, 1.82) is 0 Å². The summed E-state index contributed by atoms with van der Waals surface area (Å²) in [5.41, 5.74) is 3.22. The van der Waals surface area contributed by atoms with E-state index in [2.05, 4.69) is 9.97 Å². The Hall–Kier alpha value is -2.63. The van der Waals surface area contributed by atoms with Gasteiger partial charge in [0.15, 0.2) is 0 Å². The van der Waals surface area contributed by atoms with E-state index in [-0.39, 0.29) is 5.91 Å². The number of pyridine rings is 1. The normalized spacial score (nSPS) is 10.4. The lowest BCUT2D eigenvalue weighted by Crippen LogP contribution is -2.27. The fraction of sp³-hybridized carbons (Fsp3) is 0.353. The van der Waals surface area contributed by atoms with Gasteiger partial charge in [-0.25, -0.2) is 4.79 Å². The summed E-state index contributed by atoms with van der Waals surface area (Å²) in [6.45, 7) is 4.15. The summed E-state index contributed by atoms with van der Waals surface area (Å²) in [7, 11) is 3.07. The summed E-state index contributed by atoms with van der Waals surface area (Å²) >= 11 is 0. The molecule has 0 aliphatic heterocycles. The van der Waals surface area contributed by atoms with Crippen LogP contribution in [-0.4, -0.2) is 40.9 Å². The molecule has 0 fully saturated rings. The third-order valence-corrected chi connectivity index (χ3v) is 3.80. The molecule has 1 amide bonds. The zero-order valence-electron chi connectivity index (χ0n) is 13.8. The van der Waals surface area contributed by atoms with E-state index >= 15 is 0 Å². The summed E-state index contributed by atoms with van der Waals surface area (Å²) < 4.78 is 4.82. The van der Waals surface area contributed by atoms with E-state index in [9.17, 15) is 9.59 Å². The van der Waals surface area contributed by atoms with Crippen LogP contribution in [0, 0.1) is 6.92 Å². The van der Waals surface area contributed by atoms with Gasteiger partial charge in [0, 0.05) is 31.7 Å². The zero-order valence-corrected chi connectivity index (χ0v) is 13.8. The molecule has 2 heterocycles. The van der Waals surface area contributed by atoms with Crippen LogP contribution in [0.4, 0.5) is 0 Å². The van der Waals surface area contributed by atoms with Crippen LogP contribution in [0.25, 0.3) is 0 Å². The second-order valence-corrected chi connectivity index (χ2v) is 5.34. The maximum absolute atomic E-state index is 12.7. The number of methoxy groups -OCH3 is 1. The number of nitrogens with one attached hydrogen (secondary N) is 1. The van der Waals surface area contributed by atoms with Crippen LogP contribution in [0.2, 0.25) is 0 Å². The van der Waals surface area contributed by atoms with Gasteiger partial charge in [0.1, 0.15) is 5.69 Å². The van der Waals surface area contributed by atoms with Gasteiger partial charge in [0.2, 0.25) is 0 Å². The highest BCUT2D eigenvalue weighted by molar-refractivity contribution is 6.00. The van der Waals surface area contributed by atoms with Gasteiger partial charge >= 0.3 is 5.97 Å². The molecule has 0 bridgehead atoms.